The van der Waals surface area contributed by atoms with Gasteiger partial charge < -0.3 is 19.5 Å². The number of hydrogen-bond acceptors (Lipinski definition) is 4. The van der Waals surface area contributed by atoms with Crippen LogP contribution in [0.25, 0.3) is 0 Å². The summed E-state index contributed by atoms with van der Waals surface area (Å²) in [6, 6.07) is 20.4. The maximum atomic E-state index is 11.9. The summed E-state index contributed by atoms with van der Waals surface area (Å²) in [4.78, 5) is 13.6. The van der Waals surface area contributed by atoms with Crippen molar-refractivity contribution in [3.05, 3.63) is 71.8 Å². The van der Waals surface area contributed by atoms with Gasteiger partial charge in [0.25, 0.3) is 0 Å². The Morgan fingerprint density at radius 3 is 2.04 bits per heavy atom. The highest BCUT2D eigenvalue weighted by Gasteiger charge is 2.27. The van der Waals surface area contributed by atoms with Crippen LogP contribution in [0.5, 0.6) is 0 Å². The summed E-state index contributed by atoms with van der Waals surface area (Å²) in [6.07, 6.45) is 1.15. The van der Waals surface area contributed by atoms with Crippen molar-refractivity contribution in [3.8, 4) is 0 Å². The summed E-state index contributed by atoms with van der Waals surface area (Å²) in [5.41, 5.74) is 2.26. The van der Waals surface area contributed by atoms with E-state index >= 15 is 0 Å². The third-order valence-corrected chi connectivity index (χ3v) is 4.55. The first-order valence-electron chi connectivity index (χ1n) is 9.06. The molecule has 1 amide bonds. The maximum absolute atomic E-state index is 11.9. The van der Waals surface area contributed by atoms with E-state index in [-0.39, 0.29) is 31.5 Å². The first kappa shape index (κ1) is 18.4. The van der Waals surface area contributed by atoms with E-state index in [0.717, 1.165) is 24.0 Å². The molecule has 5 nitrogen and oxygen atoms in total. The molecule has 138 valence electrons. The van der Waals surface area contributed by atoms with Gasteiger partial charge in [-0.3, -0.25) is 0 Å². The molecule has 5 heteroatoms. The number of hydrogen-bond donors (Lipinski definition) is 1. The summed E-state index contributed by atoms with van der Waals surface area (Å²) >= 11 is 0. The third kappa shape index (κ3) is 4.84. The van der Waals surface area contributed by atoms with Gasteiger partial charge in [-0.2, -0.15) is 0 Å². The number of carbonyl (C=O) groups excluding carboxylic acids is 1. The van der Waals surface area contributed by atoms with Crippen LogP contribution in [0.2, 0.25) is 0 Å². The Morgan fingerprint density at radius 1 is 1.00 bits per heavy atom. The Labute approximate surface area is 154 Å². The predicted octanol–water partition coefficient (Wildman–Crippen LogP) is 3.39. The highest BCUT2D eigenvalue weighted by Crippen LogP contribution is 2.30. The molecule has 26 heavy (non-hydrogen) atoms. The van der Waals surface area contributed by atoms with Crippen LogP contribution >= 0.6 is 0 Å². The van der Waals surface area contributed by atoms with Crippen molar-refractivity contribution in [2.24, 2.45) is 0 Å². The van der Waals surface area contributed by atoms with E-state index in [0.29, 0.717) is 13.1 Å². The Morgan fingerprint density at radius 2 is 1.54 bits per heavy atom. The highest BCUT2D eigenvalue weighted by atomic mass is 16.6. The number of ether oxygens (including phenoxy) is 2. The topological polar surface area (TPSA) is 59.0 Å². The normalized spacial score (nSPS) is 15.2. The maximum Gasteiger partial charge on any atom is 0.409 e. The van der Waals surface area contributed by atoms with Crippen molar-refractivity contribution < 1.29 is 19.4 Å². The standard InChI is InChI=1S/C21H25NO4/c23-15-16-25-21(24)22-13-11-19(12-14-22)26-20(17-7-3-1-4-8-17)18-9-5-2-6-10-18/h1-10,19-20,23H,11-16H2. The zero-order chi connectivity index (χ0) is 18.2. The molecule has 2 aromatic rings. The van der Waals surface area contributed by atoms with Gasteiger partial charge >= 0.3 is 6.09 Å². The van der Waals surface area contributed by atoms with Crippen LogP contribution in [-0.4, -0.2) is 48.5 Å². The van der Waals surface area contributed by atoms with E-state index in [1.54, 1.807) is 4.90 Å². The minimum absolute atomic E-state index is 0.0410. The lowest BCUT2D eigenvalue weighted by molar-refractivity contribution is -0.0269. The molecule has 0 unspecified atom stereocenters. The monoisotopic (exact) mass is 355 g/mol. The second kappa shape index (κ2) is 9.36. The van der Waals surface area contributed by atoms with Gasteiger partial charge in [-0.25, -0.2) is 4.79 Å². The number of nitrogens with zero attached hydrogens (tertiary/aromatic N) is 1. The van der Waals surface area contributed by atoms with Gasteiger partial charge in [0.2, 0.25) is 0 Å². The van der Waals surface area contributed by atoms with Crippen molar-refractivity contribution in [3.63, 3.8) is 0 Å². The van der Waals surface area contributed by atoms with E-state index in [2.05, 4.69) is 24.3 Å². The molecule has 0 aliphatic carbocycles. The van der Waals surface area contributed by atoms with Crippen molar-refractivity contribution in [2.75, 3.05) is 26.3 Å². The lowest BCUT2D eigenvalue weighted by Gasteiger charge is -2.33. The van der Waals surface area contributed by atoms with Gasteiger partial charge in [0.05, 0.1) is 12.7 Å². The smallest absolute Gasteiger partial charge is 0.409 e. The summed E-state index contributed by atoms with van der Waals surface area (Å²) < 4.78 is 11.4. The number of carbonyl (C=O) groups is 1. The molecule has 0 radical (unpaired) electrons. The Bertz CT molecular complexity index is 629. The zero-order valence-electron chi connectivity index (χ0n) is 14.8. The average Bonchev–Trinajstić information content (AvgIpc) is 2.72. The Kier molecular flexibility index (Phi) is 6.63. The molecule has 0 bridgehead atoms. The van der Waals surface area contributed by atoms with Crippen LogP contribution < -0.4 is 0 Å². The lowest BCUT2D eigenvalue weighted by atomic mass is 10.00. The van der Waals surface area contributed by atoms with Gasteiger partial charge in [0.1, 0.15) is 12.7 Å². The number of likely N-dealkylation sites (tertiary alicyclic amines) is 1. The first-order chi connectivity index (χ1) is 12.8. The fourth-order valence-corrected chi connectivity index (χ4v) is 3.20. The van der Waals surface area contributed by atoms with Gasteiger partial charge in [0, 0.05) is 13.1 Å². The van der Waals surface area contributed by atoms with Crippen LogP contribution in [0.1, 0.15) is 30.1 Å². The van der Waals surface area contributed by atoms with Crippen LogP contribution in [0.15, 0.2) is 60.7 Å². The van der Waals surface area contributed by atoms with E-state index in [9.17, 15) is 4.79 Å². The summed E-state index contributed by atoms with van der Waals surface area (Å²) in [7, 11) is 0. The molecule has 2 aromatic carbocycles. The summed E-state index contributed by atoms with van der Waals surface area (Å²) in [5.74, 6) is 0. The summed E-state index contributed by atoms with van der Waals surface area (Å²) in [5, 5.41) is 8.76. The van der Waals surface area contributed by atoms with E-state index in [1.165, 1.54) is 0 Å². The fraction of sp³-hybridized carbons (Fsp3) is 0.381. The Hall–Kier alpha value is -2.37. The van der Waals surface area contributed by atoms with Crippen molar-refractivity contribution in [2.45, 2.75) is 25.0 Å². The fourth-order valence-electron chi connectivity index (χ4n) is 3.20. The van der Waals surface area contributed by atoms with Gasteiger partial charge in [0.15, 0.2) is 0 Å². The number of aliphatic hydroxyl groups is 1. The van der Waals surface area contributed by atoms with E-state index in [4.69, 9.17) is 14.6 Å². The molecule has 0 spiro atoms. The molecule has 1 aliphatic rings. The van der Waals surface area contributed by atoms with E-state index < -0.39 is 0 Å². The molecule has 1 fully saturated rings. The molecule has 0 aromatic heterocycles. The first-order valence-corrected chi connectivity index (χ1v) is 9.06. The van der Waals surface area contributed by atoms with Crippen molar-refractivity contribution >= 4 is 6.09 Å². The zero-order valence-corrected chi connectivity index (χ0v) is 14.8. The van der Waals surface area contributed by atoms with Crippen LogP contribution in [0, 0.1) is 0 Å². The molecule has 1 N–H and O–H groups in total. The van der Waals surface area contributed by atoms with Crippen LogP contribution in [0.3, 0.4) is 0 Å². The average molecular weight is 355 g/mol. The number of rotatable bonds is 6. The third-order valence-electron chi connectivity index (χ3n) is 4.55. The van der Waals surface area contributed by atoms with Gasteiger partial charge in [-0.1, -0.05) is 60.7 Å². The predicted molar refractivity (Wildman–Crippen MR) is 98.8 cm³/mol. The largest absolute Gasteiger partial charge is 0.447 e. The van der Waals surface area contributed by atoms with E-state index in [1.807, 2.05) is 36.4 Å². The number of piperidine rings is 1. The number of amides is 1. The van der Waals surface area contributed by atoms with Gasteiger partial charge in [-0.05, 0) is 24.0 Å². The molecule has 0 saturated carbocycles. The minimum Gasteiger partial charge on any atom is -0.447 e. The SMILES string of the molecule is O=C(OCCO)N1CCC(OC(c2ccccc2)c2ccccc2)CC1. The van der Waals surface area contributed by atoms with Crippen LogP contribution in [-0.2, 0) is 9.47 Å². The molecule has 1 heterocycles. The minimum atomic E-state index is -0.361. The molecular formula is C21H25NO4. The summed E-state index contributed by atoms with van der Waals surface area (Å²) in [6.45, 7) is 1.09. The molecule has 0 atom stereocenters. The van der Waals surface area contributed by atoms with Crippen LogP contribution in [0.4, 0.5) is 4.79 Å². The molecule has 1 saturated heterocycles. The second-order valence-corrected chi connectivity index (χ2v) is 6.36. The number of aliphatic hydroxyl groups excluding tert-OH is 1. The quantitative estimate of drug-likeness (QED) is 0.863. The molecule has 1 aliphatic heterocycles. The van der Waals surface area contributed by atoms with Crippen molar-refractivity contribution in [1.29, 1.82) is 0 Å². The highest BCUT2D eigenvalue weighted by molar-refractivity contribution is 5.67. The van der Waals surface area contributed by atoms with Gasteiger partial charge in [-0.15, -0.1) is 0 Å². The molecular weight excluding hydrogens is 330 g/mol. The second-order valence-electron chi connectivity index (χ2n) is 6.36. The lowest BCUT2D eigenvalue weighted by Crippen LogP contribution is -2.41. The van der Waals surface area contributed by atoms with Crippen molar-refractivity contribution in [1.82, 2.24) is 4.90 Å². The molecule has 3 rings (SSSR count). The number of benzene rings is 2. The Balaban J connectivity index is 1.63.